The number of carbonyl (C=O) groups excluding carboxylic acids is 2. The molecular weight excluding hydrogens is 280 g/mol. The molecule has 2 rings (SSSR count). The van der Waals surface area contributed by atoms with Crippen LogP contribution in [0.15, 0.2) is 12.4 Å². The average molecular weight is 308 g/mol. The first-order valence-electron chi connectivity index (χ1n) is 8.44. The van der Waals surface area contributed by atoms with Crippen molar-refractivity contribution in [3.05, 3.63) is 12.4 Å². The lowest BCUT2D eigenvalue weighted by Crippen LogP contribution is -2.30. The number of nitrogens with zero attached hydrogens (tertiary/aromatic N) is 2. The predicted molar refractivity (Wildman–Crippen MR) is 86.0 cm³/mol. The standard InChI is InChI=1S/C16H28N4O2/c21-15(13-19-9-10-19)17-7-5-3-1-2-4-6-8-18-16(22)14-20-11-12-20/h9-10H,1-8,11-14H2,(H,17,21)(H,18,22). The predicted octanol–water partition coefficient (Wildman–Crippen LogP) is 0.662. The molecule has 0 aromatic rings. The molecule has 2 N–H and O–H groups in total. The summed E-state index contributed by atoms with van der Waals surface area (Å²) in [5.74, 6) is 0.259. The SMILES string of the molecule is O=C(CN1C=C1)NCCCCCCCCNC(=O)CN1CC1. The van der Waals surface area contributed by atoms with Gasteiger partial charge in [-0.3, -0.25) is 14.5 Å². The lowest BCUT2D eigenvalue weighted by Gasteiger charge is -2.07. The summed E-state index contributed by atoms with van der Waals surface area (Å²) in [6.07, 6.45) is 10.6. The topological polar surface area (TPSA) is 64.2 Å². The van der Waals surface area contributed by atoms with E-state index in [-0.39, 0.29) is 11.8 Å². The van der Waals surface area contributed by atoms with Crippen molar-refractivity contribution in [1.82, 2.24) is 20.4 Å². The Bertz CT molecular complexity index is 364. The number of hydrogen-bond donors (Lipinski definition) is 2. The summed E-state index contributed by atoms with van der Waals surface area (Å²) in [5.41, 5.74) is 0. The highest BCUT2D eigenvalue weighted by atomic mass is 16.2. The van der Waals surface area contributed by atoms with Crippen LogP contribution in [0, 0.1) is 0 Å². The Labute approximate surface area is 132 Å². The first kappa shape index (κ1) is 16.8. The zero-order valence-electron chi connectivity index (χ0n) is 13.4. The van der Waals surface area contributed by atoms with E-state index in [0.29, 0.717) is 13.1 Å². The molecule has 2 aliphatic heterocycles. The van der Waals surface area contributed by atoms with Gasteiger partial charge in [-0.15, -0.1) is 0 Å². The maximum absolute atomic E-state index is 11.4. The Balaban J connectivity index is 1.26. The van der Waals surface area contributed by atoms with Crippen molar-refractivity contribution in [2.24, 2.45) is 0 Å². The third kappa shape index (κ3) is 8.67. The van der Waals surface area contributed by atoms with Crippen LogP contribution in [-0.4, -0.2) is 60.9 Å². The van der Waals surface area contributed by atoms with Gasteiger partial charge < -0.3 is 15.5 Å². The molecule has 6 heteroatoms. The quantitative estimate of drug-likeness (QED) is 0.388. The fourth-order valence-corrected chi connectivity index (χ4v) is 2.27. The van der Waals surface area contributed by atoms with E-state index in [0.717, 1.165) is 51.9 Å². The van der Waals surface area contributed by atoms with Gasteiger partial charge in [-0.05, 0) is 12.8 Å². The van der Waals surface area contributed by atoms with Crippen LogP contribution in [-0.2, 0) is 9.59 Å². The fourth-order valence-electron chi connectivity index (χ4n) is 2.27. The maximum atomic E-state index is 11.4. The second-order valence-electron chi connectivity index (χ2n) is 6.07. The molecule has 124 valence electrons. The second-order valence-corrected chi connectivity index (χ2v) is 6.07. The summed E-state index contributed by atoms with van der Waals surface area (Å²) in [5, 5.41) is 5.89. The van der Waals surface area contributed by atoms with E-state index in [2.05, 4.69) is 15.5 Å². The third-order valence-corrected chi connectivity index (χ3v) is 3.84. The fraction of sp³-hybridized carbons (Fsp3) is 0.750. The highest BCUT2D eigenvalue weighted by molar-refractivity contribution is 5.78. The Morgan fingerprint density at radius 2 is 1.27 bits per heavy atom. The normalized spacial score (nSPS) is 15.7. The molecule has 22 heavy (non-hydrogen) atoms. The van der Waals surface area contributed by atoms with Crippen LogP contribution in [0.5, 0.6) is 0 Å². The molecule has 0 unspecified atom stereocenters. The summed E-state index contributed by atoms with van der Waals surface area (Å²) in [4.78, 5) is 26.8. The van der Waals surface area contributed by atoms with Crippen molar-refractivity contribution in [2.45, 2.75) is 38.5 Å². The largest absolute Gasteiger partial charge is 0.355 e. The van der Waals surface area contributed by atoms with Crippen LogP contribution in [0.4, 0.5) is 0 Å². The molecule has 0 aromatic carbocycles. The van der Waals surface area contributed by atoms with E-state index in [9.17, 15) is 9.59 Å². The van der Waals surface area contributed by atoms with Gasteiger partial charge in [0.1, 0.15) is 6.54 Å². The molecule has 0 radical (unpaired) electrons. The summed E-state index contributed by atoms with van der Waals surface area (Å²) in [6, 6.07) is 0. The lowest BCUT2D eigenvalue weighted by atomic mass is 10.1. The van der Waals surface area contributed by atoms with Crippen molar-refractivity contribution in [3.8, 4) is 0 Å². The molecule has 0 aromatic heterocycles. The zero-order valence-corrected chi connectivity index (χ0v) is 13.4. The van der Waals surface area contributed by atoms with Gasteiger partial charge in [0, 0.05) is 38.6 Å². The van der Waals surface area contributed by atoms with E-state index >= 15 is 0 Å². The number of rotatable bonds is 13. The van der Waals surface area contributed by atoms with Gasteiger partial charge in [0.2, 0.25) is 11.8 Å². The first-order valence-corrected chi connectivity index (χ1v) is 8.44. The molecule has 0 spiro atoms. The third-order valence-electron chi connectivity index (χ3n) is 3.84. The maximum Gasteiger partial charge on any atom is 0.239 e. The van der Waals surface area contributed by atoms with E-state index in [4.69, 9.17) is 0 Å². The molecule has 0 saturated carbocycles. The molecule has 1 fully saturated rings. The molecule has 0 atom stereocenters. The molecule has 2 heterocycles. The van der Waals surface area contributed by atoms with Crippen LogP contribution < -0.4 is 10.6 Å². The van der Waals surface area contributed by atoms with Gasteiger partial charge in [-0.2, -0.15) is 0 Å². The Hall–Kier alpha value is -1.56. The summed E-state index contributed by atoms with van der Waals surface area (Å²) in [6.45, 7) is 4.75. The van der Waals surface area contributed by atoms with Crippen molar-refractivity contribution in [1.29, 1.82) is 0 Å². The Morgan fingerprint density at radius 3 is 1.77 bits per heavy atom. The monoisotopic (exact) mass is 308 g/mol. The van der Waals surface area contributed by atoms with E-state index < -0.39 is 0 Å². The van der Waals surface area contributed by atoms with Crippen LogP contribution in [0.1, 0.15) is 38.5 Å². The van der Waals surface area contributed by atoms with Crippen LogP contribution >= 0.6 is 0 Å². The van der Waals surface area contributed by atoms with Crippen molar-refractivity contribution >= 4 is 11.8 Å². The molecular formula is C16H28N4O2. The van der Waals surface area contributed by atoms with Gasteiger partial charge in [-0.25, -0.2) is 0 Å². The van der Waals surface area contributed by atoms with E-state index in [1.165, 1.54) is 12.8 Å². The molecule has 0 aliphatic carbocycles. The number of amides is 2. The van der Waals surface area contributed by atoms with Gasteiger partial charge in [-0.1, -0.05) is 25.7 Å². The summed E-state index contributed by atoms with van der Waals surface area (Å²) in [7, 11) is 0. The highest BCUT2D eigenvalue weighted by Crippen LogP contribution is 2.06. The smallest absolute Gasteiger partial charge is 0.239 e. The average Bonchev–Trinajstić information content (AvgIpc) is 3.37. The van der Waals surface area contributed by atoms with Gasteiger partial charge in [0.25, 0.3) is 0 Å². The van der Waals surface area contributed by atoms with Gasteiger partial charge in [0.05, 0.1) is 6.54 Å². The van der Waals surface area contributed by atoms with Gasteiger partial charge in [0.15, 0.2) is 0 Å². The highest BCUT2D eigenvalue weighted by Gasteiger charge is 2.19. The van der Waals surface area contributed by atoms with Crippen molar-refractivity contribution in [2.75, 3.05) is 39.3 Å². The molecule has 2 aliphatic rings. The second kappa shape index (κ2) is 9.46. The summed E-state index contributed by atoms with van der Waals surface area (Å²) >= 11 is 0. The van der Waals surface area contributed by atoms with E-state index in [1.807, 2.05) is 17.3 Å². The number of nitrogens with one attached hydrogen (secondary N) is 2. The number of carbonyl (C=O) groups is 2. The molecule has 0 bridgehead atoms. The molecule has 6 nitrogen and oxygen atoms in total. The minimum atomic E-state index is 0.100. The van der Waals surface area contributed by atoms with E-state index in [1.54, 1.807) is 0 Å². The minimum absolute atomic E-state index is 0.100. The summed E-state index contributed by atoms with van der Waals surface area (Å²) < 4.78 is 0. The Morgan fingerprint density at radius 1 is 0.773 bits per heavy atom. The van der Waals surface area contributed by atoms with Crippen molar-refractivity contribution in [3.63, 3.8) is 0 Å². The number of hydrogen-bond acceptors (Lipinski definition) is 4. The molecule has 1 saturated heterocycles. The minimum Gasteiger partial charge on any atom is -0.355 e. The Kier molecular flexibility index (Phi) is 7.22. The lowest BCUT2D eigenvalue weighted by molar-refractivity contribution is -0.121. The zero-order chi connectivity index (χ0) is 15.6. The van der Waals surface area contributed by atoms with Gasteiger partial charge >= 0.3 is 0 Å². The number of unbranched alkanes of at least 4 members (excludes halogenated alkanes) is 5. The first-order chi connectivity index (χ1) is 10.7. The van der Waals surface area contributed by atoms with Crippen LogP contribution in [0.25, 0.3) is 0 Å². The van der Waals surface area contributed by atoms with Crippen LogP contribution in [0.3, 0.4) is 0 Å². The van der Waals surface area contributed by atoms with Crippen molar-refractivity contribution < 1.29 is 9.59 Å². The molecule has 2 amide bonds. The van der Waals surface area contributed by atoms with Crippen LogP contribution in [0.2, 0.25) is 0 Å².